The third kappa shape index (κ3) is 3.08. The lowest BCUT2D eigenvalue weighted by Gasteiger charge is -2.11. The van der Waals surface area contributed by atoms with E-state index >= 15 is 0 Å². The summed E-state index contributed by atoms with van der Waals surface area (Å²) in [5, 5.41) is 0. The number of rotatable bonds is 4. The molecule has 0 fully saturated rings. The third-order valence-corrected chi connectivity index (χ3v) is 4.58. The van der Waals surface area contributed by atoms with Gasteiger partial charge in [-0.2, -0.15) is 0 Å². The van der Waals surface area contributed by atoms with E-state index in [9.17, 15) is 9.59 Å². The molecular weight excluding hydrogens is 318 g/mol. The van der Waals surface area contributed by atoms with E-state index in [1.165, 1.54) is 5.56 Å². The molecule has 0 spiro atoms. The molecule has 0 unspecified atom stereocenters. The first-order chi connectivity index (χ1) is 12.1. The van der Waals surface area contributed by atoms with Gasteiger partial charge in [-0.05, 0) is 24.1 Å². The number of nitrogens with zero attached hydrogens (tertiary/aromatic N) is 1. The van der Waals surface area contributed by atoms with Crippen molar-refractivity contribution in [2.45, 2.75) is 33.0 Å². The highest BCUT2D eigenvalue weighted by Gasteiger charge is 2.23. The minimum absolute atomic E-state index is 0.308. The van der Waals surface area contributed by atoms with E-state index in [0.717, 1.165) is 23.5 Å². The number of hydrogen-bond donors (Lipinski definition) is 2. The van der Waals surface area contributed by atoms with Gasteiger partial charge in [0.2, 0.25) is 0 Å². The number of H-pyrrole nitrogens is 2. The standard InChI is InChI=1S/C19H19N3O3/c1-2-12-3-5-13(6-4-12)17-8-7-14(25-17)9-22-10-15-16(11-22)20-19(24)21-18(15)23/h3-8H,2,9-11H2,1H3,(H2,20,21,23,24). The minimum atomic E-state index is -0.457. The van der Waals surface area contributed by atoms with Gasteiger partial charge in [-0.3, -0.25) is 14.7 Å². The van der Waals surface area contributed by atoms with Crippen molar-refractivity contribution in [3.05, 3.63) is 79.8 Å². The second-order valence-electron chi connectivity index (χ2n) is 6.33. The van der Waals surface area contributed by atoms with Crippen molar-refractivity contribution >= 4 is 0 Å². The SMILES string of the molecule is CCc1ccc(-c2ccc(CN3Cc4[nH]c(=O)[nH]c(=O)c4C3)o2)cc1. The van der Waals surface area contributed by atoms with Gasteiger partial charge >= 0.3 is 5.69 Å². The van der Waals surface area contributed by atoms with Gasteiger partial charge < -0.3 is 9.40 Å². The molecule has 6 heteroatoms. The van der Waals surface area contributed by atoms with Crippen LogP contribution in [-0.2, 0) is 26.1 Å². The van der Waals surface area contributed by atoms with Crippen molar-refractivity contribution in [3.8, 4) is 11.3 Å². The summed E-state index contributed by atoms with van der Waals surface area (Å²) in [6, 6.07) is 12.3. The summed E-state index contributed by atoms with van der Waals surface area (Å²) in [6.07, 6.45) is 1.01. The second kappa shape index (κ2) is 6.22. The van der Waals surface area contributed by atoms with E-state index in [0.29, 0.717) is 30.9 Å². The lowest BCUT2D eigenvalue weighted by molar-refractivity contribution is 0.250. The summed E-state index contributed by atoms with van der Waals surface area (Å²) in [6.45, 7) is 3.76. The number of aryl methyl sites for hydroxylation is 1. The fourth-order valence-corrected chi connectivity index (χ4v) is 3.22. The van der Waals surface area contributed by atoms with Crippen LogP contribution in [0.15, 0.2) is 50.4 Å². The smallest absolute Gasteiger partial charge is 0.325 e. The molecule has 0 saturated carbocycles. The number of furan rings is 1. The van der Waals surface area contributed by atoms with Gasteiger partial charge in [-0.15, -0.1) is 0 Å². The first kappa shape index (κ1) is 15.7. The molecule has 2 aromatic heterocycles. The Morgan fingerprint density at radius 3 is 2.60 bits per heavy atom. The summed E-state index contributed by atoms with van der Waals surface area (Å²) in [7, 11) is 0. The molecule has 0 amide bonds. The van der Waals surface area contributed by atoms with Crippen LogP contribution in [0.25, 0.3) is 11.3 Å². The Kier molecular flexibility index (Phi) is 3.89. The summed E-state index contributed by atoms with van der Waals surface area (Å²) < 4.78 is 5.96. The first-order valence-corrected chi connectivity index (χ1v) is 8.37. The Balaban J connectivity index is 1.49. The monoisotopic (exact) mass is 337 g/mol. The number of aromatic amines is 2. The quantitative estimate of drug-likeness (QED) is 0.766. The Bertz CT molecular complexity index is 1010. The lowest BCUT2D eigenvalue weighted by atomic mass is 10.1. The zero-order chi connectivity index (χ0) is 17.4. The molecule has 3 aromatic rings. The van der Waals surface area contributed by atoms with Crippen LogP contribution in [0.3, 0.4) is 0 Å². The highest BCUT2D eigenvalue weighted by Crippen LogP contribution is 2.25. The Hall–Kier alpha value is -2.86. The van der Waals surface area contributed by atoms with Crippen molar-refractivity contribution in [2.75, 3.05) is 0 Å². The summed E-state index contributed by atoms with van der Waals surface area (Å²) in [5.74, 6) is 1.67. The fourth-order valence-electron chi connectivity index (χ4n) is 3.22. The molecule has 4 rings (SSSR count). The molecule has 0 radical (unpaired) electrons. The topological polar surface area (TPSA) is 82.1 Å². The van der Waals surface area contributed by atoms with Crippen molar-refractivity contribution in [2.24, 2.45) is 0 Å². The average Bonchev–Trinajstić information content (AvgIpc) is 3.22. The van der Waals surface area contributed by atoms with Crippen molar-refractivity contribution in [3.63, 3.8) is 0 Å². The van der Waals surface area contributed by atoms with Gasteiger partial charge in [0.25, 0.3) is 5.56 Å². The molecule has 3 heterocycles. The maximum atomic E-state index is 11.8. The van der Waals surface area contributed by atoms with Crippen molar-refractivity contribution in [1.82, 2.24) is 14.9 Å². The molecule has 6 nitrogen and oxygen atoms in total. The van der Waals surface area contributed by atoms with E-state index in [2.05, 4.69) is 46.1 Å². The molecule has 1 aliphatic rings. The van der Waals surface area contributed by atoms with Crippen LogP contribution in [0.5, 0.6) is 0 Å². The van der Waals surface area contributed by atoms with Crippen LogP contribution in [-0.4, -0.2) is 14.9 Å². The summed E-state index contributed by atoms with van der Waals surface area (Å²) in [5.41, 5.74) is 2.90. The number of fused-ring (bicyclic) bond motifs is 1. The molecular formula is C19H19N3O3. The van der Waals surface area contributed by atoms with Gasteiger partial charge in [0, 0.05) is 24.3 Å². The van der Waals surface area contributed by atoms with Crippen LogP contribution in [0.1, 0.15) is 29.5 Å². The predicted octanol–water partition coefficient (Wildman–Crippen LogP) is 2.40. The third-order valence-electron chi connectivity index (χ3n) is 4.58. The average molecular weight is 337 g/mol. The molecule has 1 aromatic carbocycles. The van der Waals surface area contributed by atoms with E-state index in [4.69, 9.17) is 4.42 Å². The van der Waals surface area contributed by atoms with Crippen molar-refractivity contribution < 1.29 is 4.42 Å². The zero-order valence-corrected chi connectivity index (χ0v) is 14.0. The zero-order valence-electron chi connectivity index (χ0n) is 14.0. The van der Waals surface area contributed by atoms with Gasteiger partial charge in [0.05, 0.1) is 12.1 Å². The van der Waals surface area contributed by atoms with E-state index in [1.54, 1.807) is 0 Å². The molecule has 0 bridgehead atoms. The van der Waals surface area contributed by atoms with Crippen LogP contribution >= 0.6 is 0 Å². The van der Waals surface area contributed by atoms with Crippen LogP contribution in [0.4, 0.5) is 0 Å². The van der Waals surface area contributed by atoms with Crippen LogP contribution < -0.4 is 11.2 Å². The van der Waals surface area contributed by atoms with Crippen LogP contribution in [0.2, 0.25) is 0 Å². The van der Waals surface area contributed by atoms with E-state index in [-0.39, 0.29) is 5.56 Å². The molecule has 128 valence electrons. The molecule has 2 N–H and O–H groups in total. The maximum Gasteiger partial charge on any atom is 0.325 e. The van der Waals surface area contributed by atoms with E-state index < -0.39 is 5.69 Å². The molecule has 0 aliphatic carbocycles. The predicted molar refractivity (Wildman–Crippen MR) is 94.2 cm³/mol. The summed E-state index contributed by atoms with van der Waals surface area (Å²) >= 11 is 0. The number of hydrogen-bond acceptors (Lipinski definition) is 4. The number of benzene rings is 1. The Labute approximate surface area is 144 Å². The largest absolute Gasteiger partial charge is 0.460 e. The maximum absolute atomic E-state index is 11.8. The Morgan fingerprint density at radius 2 is 1.84 bits per heavy atom. The van der Waals surface area contributed by atoms with Crippen molar-refractivity contribution in [1.29, 1.82) is 0 Å². The van der Waals surface area contributed by atoms with Gasteiger partial charge in [-0.25, -0.2) is 4.79 Å². The fraction of sp³-hybridized carbons (Fsp3) is 0.263. The number of nitrogens with one attached hydrogen (secondary N) is 2. The van der Waals surface area contributed by atoms with E-state index in [1.807, 2.05) is 12.1 Å². The second-order valence-corrected chi connectivity index (χ2v) is 6.33. The molecule has 1 aliphatic heterocycles. The molecule has 0 saturated heterocycles. The normalized spacial score (nSPS) is 14.0. The first-order valence-electron chi connectivity index (χ1n) is 8.37. The number of aromatic nitrogens is 2. The van der Waals surface area contributed by atoms with Gasteiger partial charge in [-0.1, -0.05) is 31.2 Å². The lowest BCUT2D eigenvalue weighted by Crippen LogP contribution is -2.25. The van der Waals surface area contributed by atoms with Crippen LogP contribution in [0, 0.1) is 0 Å². The van der Waals surface area contributed by atoms with Gasteiger partial charge in [0.1, 0.15) is 11.5 Å². The summed E-state index contributed by atoms with van der Waals surface area (Å²) in [4.78, 5) is 30.3. The Morgan fingerprint density at radius 1 is 1.04 bits per heavy atom. The highest BCUT2D eigenvalue weighted by atomic mass is 16.3. The molecule has 25 heavy (non-hydrogen) atoms. The van der Waals surface area contributed by atoms with Gasteiger partial charge in [0.15, 0.2) is 0 Å². The minimum Gasteiger partial charge on any atom is -0.460 e. The molecule has 0 atom stereocenters. The highest BCUT2D eigenvalue weighted by molar-refractivity contribution is 5.58.